The number of hydrogen-bond donors (Lipinski definition) is 1. The number of rotatable bonds is 3. The van der Waals surface area contributed by atoms with Gasteiger partial charge in [-0.15, -0.1) is 10.2 Å². The fourth-order valence-corrected chi connectivity index (χ4v) is 3.96. The van der Waals surface area contributed by atoms with Crippen molar-refractivity contribution in [3.8, 4) is 0 Å². The first kappa shape index (κ1) is 14.0. The van der Waals surface area contributed by atoms with Crippen LogP contribution < -0.4 is 5.73 Å². The Balaban J connectivity index is 1.71. The van der Waals surface area contributed by atoms with Crippen molar-refractivity contribution in [3.05, 3.63) is 12.2 Å². The first-order valence-electron chi connectivity index (χ1n) is 7.96. The summed E-state index contributed by atoms with van der Waals surface area (Å²) in [5.41, 5.74) is 6.40. The van der Waals surface area contributed by atoms with Gasteiger partial charge in [-0.3, -0.25) is 4.90 Å². The second-order valence-electron chi connectivity index (χ2n) is 6.87. The number of aromatic nitrogens is 3. The van der Waals surface area contributed by atoms with E-state index in [1.165, 1.54) is 25.7 Å². The predicted molar refractivity (Wildman–Crippen MR) is 79.0 cm³/mol. The molecule has 1 saturated carbocycles. The van der Waals surface area contributed by atoms with Crippen molar-refractivity contribution >= 4 is 0 Å². The Morgan fingerprint density at radius 3 is 2.75 bits per heavy atom. The third-order valence-electron chi connectivity index (χ3n) is 5.59. The third kappa shape index (κ3) is 2.37. The van der Waals surface area contributed by atoms with Crippen LogP contribution in [0.15, 0.2) is 6.33 Å². The Bertz CT molecular complexity index is 445. The van der Waals surface area contributed by atoms with Gasteiger partial charge in [0.1, 0.15) is 12.2 Å². The maximum atomic E-state index is 6.20. The Labute approximate surface area is 121 Å². The molecule has 0 saturated heterocycles. The smallest absolute Gasteiger partial charge is 0.147 e. The van der Waals surface area contributed by atoms with Gasteiger partial charge in [-0.1, -0.05) is 13.8 Å². The van der Waals surface area contributed by atoms with Gasteiger partial charge in [0.2, 0.25) is 0 Å². The predicted octanol–water partition coefficient (Wildman–Crippen LogP) is 1.64. The molecule has 0 amide bonds. The van der Waals surface area contributed by atoms with Crippen LogP contribution >= 0.6 is 0 Å². The first-order valence-corrected chi connectivity index (χ1v) is 7.96. The highest BCUT2D eigenvalue weighted by molar-refractivity contribution is 5.01. The topological polar surface area (TPSA) is 60.0 Å². The molecule has 0 aromatic carbocycles. The normalized spacial score (nSPS) is 31.5. The molecule has 1 aliphatic carbocycles. The molecule has 1 aliphatic heterocycles. The van der Waals surface area contributed by atoms with E-state index in [2.05, 4.69) is 33.5 Å². The molecule has 20 heavy (non-hydrogen) atoms. The minimum Gasteiger partial charge on any atom is -0.329 e. The molecule has 2 N–H and O–H groups in total. The maximum Gasteiger partial charge on any atom is 0.147 e. The SMILES string of the molecule is CC(C)C1CCC(CN)(N2CCn3cnnc3C2)CC1. The van der Waals surface area contributed by atoms with E-state index in [1.54, 1.807) is 0 Å². The quantitative estimate of drug-likeness (QED) is 0.912. The van der Waals surface area contributed by atoms with Gasteiger partial charge in [0.15, 0.2) is 0 Å². The van der Waals surface area contributed by atoms with Gasteiger partial charge in [-0.25, -0.2) is 0 Å². The summed E-state index contributed by atoms with van der Waals surface area (Å²) in [6.45, 7) is 8.45. The zero-order chi connectivity index (χ0) is 14.2. The lowest BCUT2D eigenvalue weighted by atomic mass is 9.72. The van der Waals surface area contributed by atoms with Gasteiger partial charge in [0.05, 0.1) is 6.54 Å². The molecule has 3 rings (SSSR count). The minimum atomic E-state index is 0.197. The highest BCUT2D eigenvalue weighted by atomic mass is 15.3. The molecule has 5 heteroatoms. The average molecular weight is 277 g/mol. The highest BCUT2D eigenvalue weighted by Gasteiger charge is 2.41. The number of nitrogens with two attached hydrogens (primary N) is 1. The fraction of sp³-hybridized carbons (Fsp3) is 0.867. The number of nitrogens with zero attached hydrogens (tertiary/aromatic N) is 4. The minimum absolute atomic E-state index is 0.197. The van der Waals surface area contributed by atoms with Crippen LogP contribution in [-0.2, 0) is 13.1 Å². The lowest BCUT2D eigenvalue weighted by molar-refractivity contribution is 0.0140. The Kier molecular flexibility index (Phi) is 3.82. The van der Waals surface area contributed by atoms with E-state index in [-0.39, 0.29) is 5.54 Å². The lowest BCUT2D eigenvalue weighted by Gasteiger charge is -2.49. The van der Waals surface area contributed by atoms with Crippen LogP contribution in [-0.4, -0.2) is 38.3 Å². The monoisotopic (exact) mass is 277 g/mol. The molecule has 112 valence electrons. The lowest BCUT2D eigenvalue weighted by Crippen LogP contribution is -2.57. The summed E-state index contributed by atoms with van der Waals surface area (Å²) in [5.74, 6) is 2.77. The summed E-state index contributed by atoms with van der Waals surface area (Å²) < 4.78 is 2.17. The summed E-state index contributed by atoms with van der Waals surface area (Å²) in [6.07, 6.45) is 6.95. The molecule has 0 radical (unpaired) electrons. The van der Waals surface area contributed by atoms with Gasteiger partial charge >= 0.3 is 0 Å². The highest BCUT2D eigenvalue weighted by Crippen LogP contribution is 2.39. The fourth-order valence-electron chi connectivity index (χ4n) is 3.96. The van der Waals surface area contributed by atoms with E-state index in [0.717, 1.165) is 43.8 Å². The zero-order valence-electron chi connectivity index (χ0n) is 12.8. The Morgan fingerprint density at radius 1 is 1.35 bits per heavy atom. The number of hydrogen-bond acceptors (Lipinski definition) is 4. The molecule has 1 fully saturated rings. The summed E-state index contributed by atoms with van der Waals surface area (Å²) >= 11 is 0. The Morgan fingerprint density at radius 2 is 2.10 bits per heavy atom. The summed E-state index contributed by atoms with van der Waals surface area (Å²) in [4.78, 5) is 2.58. The van der Waals surface area contributed by atoms with Gasteiger partial charge in [-0.2, -0.15) is 0 Å². The standard InChI is InChI=1S/C15H27N5/c1-12(2)13-3-5-15(10-16,6-4-13)20-8-7-19-11-17-18-14(19)9-20/h11-13H,3-10,16H2,1-2H3. The maximum absolute atomic E-state index is 6.20. The average Bonchev–Trinajstić information content (AvgIpc) is 2.94. The Hall–Kier alpha value is -0.940. The van der Waals surface area contributed by atoms with E-state index < -0.39 is 0 Å². The molecule has 1 aromatic heterocycles. The van der Waals surface area contributed by atoms with Crippen LogP contribution in [0.5, 0.6) is 0 Å². The summed E-state index contributed by atoms with van der Waals surface area (Å²) in [5, 5.41) is 8.26. The van der Waals surface area contributed by atoms with Crippen LogP contribution in [0, 0.1) is 11.8 Å². The summed E-state index contributed by atoms with van der Waals surface area (Å²) in [7, 11) is 0. The van der Waals surface area contributed by atoms with E-state index >= 15 is 0 Å². The molecular formula is C15H27N5. The van der Waals surface area contributed by atoms with Crippen molar-refractivity contribution in [2.45, 2.75) is 58.2 Å². The van der Waals surface area contributed by atoms with Gasteiger partial charge in [0, 0.05) is 25.2 Å². The summed E-state index contributed by atoms with van der Waals surface area (Å²) in [6, 6.07) is 0. The zero-order valence-corrected chi connectivity index (χ0v) is 12.8. The molecule has 1 aromatic rings. The largest absolute Gasteiger partial charge is 0.329 e. The van der Waals surface area contributed by atoms with E-state index in [0.29, 0.717) is 0 Å². The van der Waals surface area contributed by atoms with E-state index in [4.69, 9.17) is 5.73 Å². The molecule has 0 atom stereocenters. The van der Waals surface area contributed by atoms with E-state index in [9.17, 15) is 0 Å². The van der Waals surface area contributed by atoms with E-state index in [1.807, 2.05) is 6.33 Å². The molecular weight excluding hydrogens is 250 g/mol. The van der Waals surface area contributed by atoms with Gasteiger partial charge in [-0.05, 0) is 37.5 Å². The second-order valence-corrected chi connectivity index (χ2v) is 6.87. The van der Waals surface area contributed by atoms with Crippen molar-refractivity contribution in [2.24, 2.45) is 17.6 Å². The number of fused-ring (bicyclic) bond motifs is 1. The van der Waals surface area contributed by atoms with Crippen LogP contribution in [0.4, 0.5) is 0 Å². The second kappa shape index (κ2) is 5.45. The van der Waals surface area contributed by atoms with Crippen LogP contribution in [0.3, 0.4) is 0 Å². The third-order valence-corrected chi connectivity index (χ3v) is 5.59. The van der Waals surface area contributed by atoms with Crippen LogP contribution in [0.25, 0.3) is 0 Å². The molecule has 0 spiro atoms. The van der Waals surface area contributed by atoms with Crippen LogP contribution in [0.1, 0.15) is 45.4 Å². The molecule has 0 bridgehead atoms. The molecule has 2 heterocycles. The molecule has 5 nitrogen and oxygen atoms in total. The first-order chi connectivity index (χ1) is 9.64. The molecule has 2 aliphatic rings. The van der Waals surface area contributed by atoms with Gasteiger partial charge < -0.3 is 10.3 Å². The van der Waals surface area contributed by atoms with Crippen molar-refractivity contribution in [2.75, 3.05) is 13.1 Å². The van der Waals surface area contributed by atoms with Crippen molar-refractivity contribution in [1.82, 2.24) is 19.7 Å². The van der Waals surface area contributed by atoms with Crippen molar-refractivity contribution in [1.29, 1.82) is 0 Å². The van der Waals surface area contributed by atoms with Crippen molar-refractivity contribution < 1.29 is 0 Å². The molecule has 0 unspecified atom stereocenters. The van der Waals surface area contributed by atoms with Gasteiger partial charge in [0.25, 0.3) is 0 Å². The van der Waals surface area contributed by atoms with Crippen LogP contribution in [0.2, 0.25) is 0 Å². The van der Waals surface area contributed by atoms with Crippen molar-refractivity contribution in [3.63, 3.8) is 0 Å².